The zero-order valence-corrected chi connectivity index (χ0v) is 13.7. The first-order valence-corrected chi connectivity index (χ1v) is 8.01. The topological polar surface area (TPSA) is 12.5 Å². The smallest absolute Gasteiger partial charge is 0.123 e. The quantitative estimate of drug-likeness (QED) is 0.776. The normalized spacial score (nSPS) is 19.4. The van der Waals surface area contributed by atoms with E-state index in [2.05, 4.69) is 52.9 Å². The minimum absolute atomic E-state index is 0.642. The first-order chi connectivity index (χ1) is 9.10. The second-order valence-corrected chi connectivity index (χ2v) is 7.05. The summed E-state index contributed by atoms with van der Waals surface area (Å²) in [6, 6.07) is 6.44. The molecule has 0 amide bonds. The van der Waals surface area contributed by atoms with Gasteiger partial charge >= 0.3 is 0 Å². The summed E-state index contributed by atoms with van der Waals surface area (Å²) in [4.78, 5) is 3.19. The fourth-order valence-electron chi connectivity index (χ4n) is 2.84. The second kappa shape index (κ2) is 6.76. The van der Waals surface area contributed by atoms with Gasteiger partial charge in [0.15, 0.2) is 0 Å². The average molecular weight is 326 g/mol. The monoisotopic (exact) mass is 325 g/mol. The van der Waals surface area contributed by atoms with Crippen molar-refractivity contribution in [1.29, 1.82) is 0 Å². The molecular formula is C16H24BrNO. The van der Waals surface area contributed by atoms with Crippen molar-refractivity contribution in [3.05, 3.63) is 29.3 Å². The Morgan fingerprint density at radius 1 is 1.37 bits per heavy atom. The van der Waals surface area contributed by atoms with Gasteiger partial charge in [0, 0.05) is 16.9 Å². The van der Waals surface area contributed by atoms with Crippen LogP contribution in [0.25, 0.3) is 0 Å². The molecule has 0 aliphatic carbocycles. The predicted molar refractivity (Wildman–Crippen MR) is 84.1 cm³/mol. The molecular weight excluding hydrogens is 302 g/mol. The van der Waals surface area contributed by atoms with Crippen LogP contribution in [0.3, 0.4) is 0 Å². The van der Waals surface area contributed by atoms with Crippen molar-refractivity contribution in [2.75, 3.05) is 20.2 Å². The molecule has 0 radical (unpaired) electrons. The summed E-state index contributed by atoms with van der Waals surface area (Å²) in [5.74, 6) is 1.84. The van der Waals surface area contributed by atoms with Crippen molar-refractivity contribution in [3.63, 3.8) is 0 Å². The van der Waals surface area contributed by atoms with E-state index in [1.165, 1.54) is 37.1 Å². The van der Waals surface area contributed by atoms with Gasteiger partial charge in [0.1, 0.15) is 5.75 Å². The van der Waals surface area contributed by atoms with Crippen LogP contribution in [0.5, 0.6) is 5.75 Å². The summed E-state index contributed by atoms with van der Waals surface area (Å²) in [5.41, 5.74) is 2.62. The highest BCUT2D eigenvalue weighted by molar-refractivity contribution is 9.09. The molecule has 0 bridgehead atoms. The van der Waals surface area contributed by atoms with Crippen molar-refractivity contribution in [2.45, 2.75) is 38.1 Å². The molecule has 1 fully saturated rings. The van der Waals surface area contributed by atoms with E-state index in [0.717, 1.165) is 18.2 Å². The Morgan fingerprint density at radius 2 is 2.05 bits per heavy atom. The average Bonchev–Trinajstić information content (AvgIpc) is 2.39. The number of ether oxygens (including phenoxy) is 1. The molecule has 106 valence electrons. The molecule has 3 heteroatoms. The van der Waals surface area contributed by atoms with Gasteiger partial charge in [-0.15, -0.1) is 0 Å². The van der Waals surface area contributed by atoms with E-state index in [1.807, 2.05) is 0 Å². The third kappa shape index (κ3) is 3.96. The number of nitrogens with zero attached hydrogens (tertiary/aromatic N) is 1. The zero-order valence-electron chi connectivity index (χ0n) is 12.2. The van der Waals surface area contributed by atoms with E-state index in [1.54, 1.807) is 7.11 Å². The standard InChI is InChI=1S/C16H24BrNO/c1-12-4-5-16(19-3)15(10-12)11-18-8-6-14(7-9-18)13(2)17/h4-5,10,13-14H,6-9,11H2,1-3H3. The maximum absolute atomic E-state index is 5.47. The van der Waals surface area contributed by atoms with E-state index < -0.39 is 0 Å². The molecule has 2 rings (SSSR count). The van der Waals surface area contributed by atoms with Crippen molar-refractivity contribution < 1.29 is 4.74 Å². The molecule has 1 heterocycles. The van der Waals surface area contributed by atoms with Crippen LogP contribution >= 0.6 is 15.9 Å². The van der Waals surface area contributed by atoms with Crippen molar-refractivity contribution in [1.82, 2.24) is 4.90 Å². The van der Waals surface area contributed by atoms with Gasteiger partial charge in [-0.3, -0.25) is 4.90 Å². The van der Waals surface area contributed by atoms with Gasteiger partial charge < -0.3 is 4.74 Å². The van der Waals surface area contributed by atoms with E-state index in [4.69, 9.17) is 4.74 Å². The van der Waals surface area contributed by atoms with E-state index in [9.17, 15) is 0 Å². The van der Waals surface area contributed by atoms with E-state index in [-0.39, 0.29) is 0 Å². The predicted octanol–water partition coefficient (Wildman–Crippen LogP) is 4.00. The Bertz CT molecular complexity index is 411. The molecule has 1 aliphatic rings. The number of benzene rings is 1. The van der Waals surface area contributed by atoms with Gasteiger partial charge in [-0.1, -0.05) is 40.5 Å². The number of halogens is 1. The maximum atomic E-state index is 5.47. The summed E-state index contributed by atoms with van der Waals surface area (Å²) in [6.45, 7) is 7.80. The van der Waals surface area contributed by atoms with Gasteiger partial charge in [-0.25, -0.2) is 0 Å². The van der Waals surface area contributed by atoms with Crippen LogP contribution in [0.1, 0.15) is 30.9 Å². The second-order valence-electron chi connectivity index (χ2n) is 5.61. The number of hydrogen-bond donors (Lipinski definition) is 0. The van der Waals surface area contributed by atoms with Crippen LogP contribution in [0, 0.1) is 12.8 Å². The molecule has 1 unspecified atom stereocenters. The number of methoxy groups -OCH3 is 1. The summed E-state index contributed by atoms with van der Waals surface area (Å²) in [6.07, 6.45) is 2.58. The molecule has 1 atom stereocenters. The lowest BCUT2D eigenvalue weighted by Gasteiger charge is -2.33. The zero-order chi connectivity index (χ0) is 13.8. The molecule has 2 nitrogen and oxygen atoms in total. The van der Waals surface area contributed by atoms with Gasteiger partial charge in [0.2, 0.25) is 0 Å². The highest BCUT2D eigenvalue weighted by Gasteiger charge is 2.22. The van der Waals surface area contributed by atoms with Crippen LogP contribution in [0.15, 0.2) is 18.2 Å². The van der Waals surface area contributed by atoms with E-state index in [0.29, 0.717) is 4.83 Å². The SMILES string of the molecule is COc1ccc(C)cc1CN1CCC(C(C)Br)CC1. The van der Waals surface area contributed by atoms with Crippen LogP contribution in [0.2, 0.25) is 0 Å². The number of likely N-dealkylation sites (tertiary alicyclic amines) is 1. The van der Waals surface area contributed by atoms with Crippen LogP contribution in [0.4, 0.5) is 0 Å². The Kier molecular flexibility index (Phi) is 5.28. The molecule has 1 aromatic carbocycles. The molecule has 0 saturated carbocycles. The maximum Gasteiger partial charge on any atom is 0.123 e. The molecule has 1 saturated heterocycles. The molecule has 1 aliphatic heterocycles. The molecule has 0 spiro atoms. The van der Waals surface area contributed by atoms with Gasteiger partial charge in [-0.05, 0) is 44.8 Å². The first-order valence-electron chi connectivity index (χ1n) is 7.10. The highest BCUT2D eigenvalue weighted by Crippen LogP contribution is 2.27. The fraction of sp³-hybridized carbons (Fsp3) is 0.625. The lowest BCUT2D eigenvalue weighted by molar-refractivity contribution is 0.176. The van der Waals surface area contributed by atoms with Crippen LogP contribution in [-0.4, -0.2) is 29.9 Å². The largest absolute Gasteiger partial charge is 0.496 e. The number of piperidine rings is 1. The third-order valence-corrected chi connectivity index (χ3v) is 4.86. The summed E-state index contributed by atoms with van der Waals surface area (Å²) >= 11 is 3.72. The Labute approximate surface area is 125 Å². The molecule has 1 aromatic rings. The van der Waals surface area contributed by atoms with Gasteiger partial charge in [0.05, 0.1) is 7.11 Å². The van der Waals surface area contributed by atoms with Gasteiger partial charge in [0.25, 0.3) is 0 Å². The lowest BCUT2D eigenvalue weighted by Crippen LogP contribution is -2.35. The van der Waals surface area contributed by atoms with E-state index >= 15 is 0 Å². The fourth-order valence-corrected chi connectivity index (χ4v) is 3.37. The first kappa shape index (κ1) is 14.9. The number of alkyl halides is 1. The molecule has 19 heavy (non-hydrogen) atoms. The summed E-state index contributed by atoms with van der Waals surface area (Å²) in [7, 11) is 1.76. The molecule has 0 N–H and O–H groups in total. The lowest BCUT2D eigenvalue weighted by atomic mass is 9.94. The van der Waals surface area contributed by atoms with Crippen molar-refractivity contribution in [2.24, 2.45) is 5.92 Å². The minimum Gasteiger partial charge on any atom is -0.496 e. The Morgan fingerprint density at radius 3 is 2.63 bits per heavy atom. The third-order valence-electron chi connectivity index (χ3n) is 4.11. The number of hydrogen-bond acceptors (Lipinski definition) is 2. The minimum atomic E-state index is 0.642. The summed E-state index contributed by atoms with van der Waals surface area (Å²) < 4.78 is 5.47. The Hall–Kier alpha value is -0.540. The Balaban J connectivity index is 1.97. The highest BCUT2D eigenvalue weighted by atomic mass is 79.9. The van der Waals surface area contributed by atoms with Gasteiger partial charge in [-0.2, -0.15) is 0 Å². The number of rotatable bonds is 4. The van der Waals surface area contributed by atoms with Crippen LogP contribution < -0.4 is 4.74 Å². The van der Waals surface area contributed by atoms with Crippen molar-refractivity contribution >= 4 is 15.9 Å². The molecule has 0 aromatic heterocycles. The van der Waals surface area contributed by atoms with Crippen LogP contribution in [-0.2, 0) is 6.54 Å². The summed E-state index contributed by atoms with van der Waals surface area (Å²) in [5, 5.41) is 0. The number of aryl methyl sites for hydroxylation is 1. The van der Waals surface area contributed by atoms with Crippen molar-refractivity contribution in [3.8, 4) is 5.75 Å².